The van der Waals surface area contributed by atoms with Gasteiger partial charge in [-0.25, -0.2) is 4.79 Å². The zero-order valence-electron chi connectivity index (χ0n) is 15.7. The van der Waals surface area contributed by atoms with Crippen molar-refractivity contribution in [2.75, 3.05) is 5.32 Å². The zero-order chi connectivity index (χ0) is 19.7. The number of anilines is 1. The minimum Gasteiger partial charge on any atom is -0.321 e. The van der Waals surface area contributed by atoms with Crippen LogP contribution in [0.1, 0.15) is 16.7 Å². The number of nitrogens with one attached hydrogen (secondary N) is 1. The third-order valence-electron chi connectivity index (χ3n) is 4.82. The number of fused-ring (bicyclic) bond motifs is 1. The topological polar surface area (TPSA) is 79.8 Å². The van der Waals surface area contributed by atoms with Crippen molar-refractivity contribution in [2.45, 2.75) is 13.8 Å². The molecule has 3 aromatic rings. The highest BCUT2D eigenvalue weighted by Crippen LogP contribution is 2.20. The molecular formula is C21H20N4O2. The number of amides is 1. The van der Waals surface area contributed by atoms with Gasteiger partial charge in [0.2, 0.25) is 0 Å². The minimum absolute atomic E-state index is 0.00353. The Labute approximate surface area is 157 Å². The number of rotatable bonds is 3. The van der Waals surface area contributed by atoms with Gasteiger partial charge < -0.3 is 5.32 Å². The van der Waals surface area contributed by atoms with Gasteiger partial charge in [-0.2, -0.15) is 5.26 Å². The summed E-state index contributed by atoms with van der Waals surface area (Å²) in [5.74, 6) is -0.465. The normalized spacial score (nSPS) is 11.4. The molecular weight excluding hydrogens is 340 g/mol. The molecule has 0 fully saturated rings. The number of nitrogens with zero attached hydrogens (tertiary/aromatic N) is 3. The van der Waals surface area contributed by atoms with E-state index in [0.717, 1.165) is 22.2 Å². The number of hydrogen-bond acceptors (Lipinski definition) is 3. The van der Waals surface area contributed by atoms with Crippen LogP contribution in [0.15, 0.2) is 46.8 Å². The van der Waals surface area contributed by atoms with E-state index in [1.165, 1.54) is 10.6 Å². The first-order valence-electron chi connectivity index (χ1n) is 8.48. The monoisotopic (exact) mass is 360 g/mol. The van der Waals surface area contributed by atoms with Gasteiger partial charge in [0.1, 0.15) is 11.6 Å². The lowest BCUT2D eigenvalue weighted by Gasteiger charge is -2.09. The fourth-order valence-electron chi connectivity index (χ4n) is 3.01. The predicted molar refractivity (Wildman–Crippen MR) is 106 cm³/mol. The van der Waals surface area contributed by atoms with Crippen molar-refractivity contribution in [3.05, 3.63) is 69.1 Å². The first-order chi connectivity index (χ1) is 12.8. The van der Waals surface area contributed by atoms with E-state index in [-0.39, 0.29) is 11.3 Å². The van der Waals surface area contributed by atoms with Gasteiger partial charge in [0.15, 0.2) is 0 Å². The highest BCUT2D eigenvalue weighted by atomic mass is 16.2. The molecule has 0 aliphatic rings. The molecule has 27 heavy (non-hydrogen) atoms. The molecule has 3 rings (SSSR count). The van der Waals surface area contributed by atoms with E-state index in [4.69, 9.17) is 0 Å². The van der Waals surface area contributed by atoms with Gasteiger partial charge in [-0.05, 0) is 54.8 Å². The molecule has 0 aliphatic carbocycles. The molecule has 0 saturated heterocycles. The van der Waals surface area contributed by atoms with Crippen LogP contribution in [0.4, 0.5) is 5.69 Å². The molecule has 0 saturated carbocycles. The summed E-state index contributed by atoms with van der Waals surface area (Å²) in [6, 6.07) is 13.0. The Hall–Kier alpha value is -3.59. The van der Waals surface area contributed by atoms with E-state index < -0.39 is 5.91 Å². The van der Waals surface area contributed by atoms with E-state index in [9.17, 15) is 14.9 Å². The molecule has 0 spiro atoms. The van der Waals surface area contributed by atoms with Gasteiger partial charge in [0.25, 0.3) is 5.91 Å². The Morgan fingerprint density at radius 3 is 2.52 bits per heavy atom. The van der Waals surface area contributed by atoms with Gasteiger partial charge in [-0.3, -0.25) is 13.9 Å². The number of hydrogen-bond donors (Lipinski definition) is 1. The number of carbonyl (C=O) groups is 1. The van der Waals surface area contributed by atoms with Gasteiger partial charge in [0.05, 0.1) is 11.0 Å². The fourth-order valence-corrected chi connectivity index (χ4v) is 3.01. The molecule has 1 aromatic heterocycles. The summed E-state index contributed by atoms with van der Waals surface area (Å²) in [6.45, 7) is 3.88. The molecule has 0 radical (unpaired) electrons. The van der Waals surface area contributed by atoms with E-state index in [1.807, 2.05) is 32.0 Å². The number of nitriles is 1. The minimum atomic E-state index is -0.465. The maximum Gasteiger partial charge on any atom is 0.328 e. The second-order valence-corrected chi connectivity index (χ2v) is 6.52. The standard InChI is InChI=1S/C21H20N4O2/c1-13-6-5-7-17(14(13)2)23-20(26)16(12-22)10-15-8-9-18-19(11-15)25(4)21(27)24(18)3/h5-11H,1-4H3,(H,23,26)/b16-10+. The molecule has 0 aliphatic heterocycles. The number of imidazole rings is 1. The van der Waals surface area contributed by atoms with E-state index in [2.05, 4.69) is 5.32 Å². The molecule has 1 N–H and O–H groups in total. The molecule has 1 amide bonds. The second kappa shape index (κ2) is 6.96. The van der Waals surface area contributed by atoms with Crippen LogP contribution in [-0.2, 0) is 18.9 Å². The third kappa shape index (κ3) is 3.27. The molecule has 136 valence electrons. The molecule has 0 atom stereocenters. The summed E-state index contributed by atoms with van der Waals surface area (Å²) in [7, 11) is 3.40. The maximum absolute atomic E-state index is 12.5. The van der Waals surface area contributed by atoms with Gasteiger partial charge in [-0.15, -0.1) is 0 Å². The smallest absolute Gasteiger partial charge is 0.321 e. The Morgan fingerprint density at radius 2 is 1.81 bits per heavy atom. The van der Waals surface area contributed by atoms with E-state index >= 15 is 0 Å². The maximum atomic E-state index is 12.5. The lowest BCUT2D eigenvalue weighted by atomic mass is 10.1. The number of carbonyl (C=O) groups excluding carboxylic acids is 1. The number of aromatic nitrogens is 2. The number of aryl methyl sites for hydroxylation is 3. The molecule has 2 aromatic carbocycles. The van der Waals surface area contributed by atoms with Gasteiger partial charge >= 0.3 is 5.69 Å². The molecule has 1 heterocycles. The van der Waals surface area contributed by atoms with Crippen molar-refractivity contribution < 1.29 is 4.79 Å². The van der Waals surface area contributed by atoms with Crippen LogP contribution in [0.3, 0.4) is 0 Å². The Bertz CT molecular complexity index is 1190. The first-order valence-corrected chi connectivity index (χ1v) is 8.48. The van der Waals surface area contributed by atoms with Crippen LogP contribution in [0, 0.1) is 25.2 Å². The van der Waals surface area contributed by atoms with Crippen molar-refractivity contribution in [1.82, 2.24) is 9.13 Å². The van der Waals surface area contributed by atoms with E-state index in [0.29, 0.717) is 11.3 Å². The lowest BCUT2D eigenvalue weighted by Crippen LogP contribution is -2.19. The van der Waals surface area contributed by atoms with Crippen LogP contribution in [-0.4, -0.2) is 15.0 Å². The molecule has 6 nitrogen and oxygen atoms in total. The SMILES string of the molecule is Cc1cccc(NC(=O)/C(C#N)=C/c2ccc3c(c2)n(C)c(=O)n3C)c1C. The quantitative estimate of drug-likeness (QED) is 0.576. The largest absolute Gasteiger partial charge is 0.328 e. The molecule has 6 heteroatoms. The van der Waals surface area contributed by atoms with Crippen LogP contribution in [0.5, 0.6) is 0 Å². The first kappa shape index (κ1) is 18.2. The number of benzene rings is 2. The van der Waals surface area contributed by atoms with Gasteiger partial charge in [-0.1, -0.05) is 18.2 Å². The average Bonchev–Trinajstić information content (AvgIpc) is 2.87. The fraction of sp³-hybridized carbons (Fsp3) is 0.190. The van der Waals surface area contributed by atoms with Crippen molar-refractivity contribution in [3.63, 3.8) is 0 Å². The molecule has 0 unspecified atom stereocenters. The lowest BCUT2D eigenvalue weighted by molar-refractivity contribution is -0.112. The average molecular weight is 360 g/mol. The summed E-state index contributed by atoms with van der Waals surface area (Å²) >= 11 is 0. The summed E-state index contributed by atoms with van der Waals surface area (Å²) in [6.07, 6.45) is 1.53. The second-order valence-electron chi connectivity index (χ2n) is 6.52. The van der Waals surface area contributed by atoms with Crippen molar-refractivity contribution in [3.8, 4) is 6.07 Å². The summed E-state index contributed by atoms with van der Waals surface area (Å²) in [5, 5.41) is 12.2. The van der Waals surface area contributed by atoms with Crippen molar-refractivity contribution in [2.24, 2.45) is 14.1 Å². The summed E-state index contributed by atoms with van der Waals surface area (Å²) in [5.41, 5.74) is 4.78. The summed E-state index contributed by atoms with van der Waals surface area (Å²) in [4.78, 5) is 24.6. The van der Waals surface area contributed by atoms with Gasteiger partial charge in [0, 0.05) is 19.8 Å². The van der Waals surface area contributed by atoms with E-state index in [1.54, 1.807) is 42.9 Å². The van der Waals surface area contributed by atoms with Crippen LogP contribution < -0.4 is 11.0 Å². The Kier molecular flexibility index (Phi) is 4.70. The van der Waals surface area contributed by atoms with Crippen molar-refractivity contribution in [1.29, 1.82) is 5.26 Å². The highest BCUT2D eigenvalue weighted by Gasteiger charge is 2.13. The molecule has 0 bridgehead atoms. The summed E-state index contributed by atoms with van der Waals surface area (Å²) < 4.78 is 3.09. The Morgan fingerprint density at radius 1 is 1.11 bits per heavy atom. The van der Waals surface area contributed by atoms with Crippen molar-refractivity contribution >= 4 is 28.7 Å². The van der Waals surface area contributed by atoms with Crippen LogP contribution in [0.2, 0.25) is 0 Å². The zero-order valence-corrected chi connectivity index (χ0v) is 15.7. The predicted octanol–water partition coefficient (Wildman–Crippen LogP) is 3.04. The van der Waals surface area contributed by atoms with Crippen LogP contribution >= 0.6 is 0 Å². The highest BCUT2D eigenvalue weighted by molar-refractivity contribution is 6.10. The Balaban J connectivity index is 1.96. The third-order valence-corrected chi connectivity index (χ3v) is 4.82. The van der Waals surface area contributed by atoms with Crippen LogP contribution in [0.25, 0.3) is 17.1 Å².